The summed E-state index contributed by atoms with van der Waals surface area (Å²) in [7, 11) is 0. The first-order chi connectivity index (χ1) is 12.0. The summed E-state index contributed by atoms with van der Waals surface area (Å²) in [6, 6.07) is 12.5. The molecule has 5 nitrogen and oxygen atoms in total. The SMILES string of the molecule is CC1Oc2ccc(NC(=O)CCl)cc2N(Cc2ccccc2Cl)C1=O. The van der Waals surface area contributed by atoms with Crippen LogP contribution in [-0.4, -0.2) is 23.8 Å². The molecule has 0 spiro atoms. The smallest absolute Gasteiger partial charge is 0.268 e. The van der Waals surface area contributed by atoms with Crippen LogP contribution in [0.4, 0.5) is 11.4 Å². The highest BCUT2D eigenvalue weighted by Gasteiger charge is 2.32. The zero-order valence-electron chi connectivity index (χ0n) is 13.5. The van der Waals surface area contributed by atoms with Gasteiger partial charge in [0, 0.05) is 10.7 Å². The topological polar surface area (TPSA) is 58.6 Å². The van der Waals surface area contributed by atoms with E-state index in [9.17, 15) is 9.59 Å². The van der Waals surface area contributed by atoms with Crippen molar-refractivity contribution in [2.24, 2.45) is 0 Å². The number of hydrogen-bond donors (Lipinski definition) is 1. The van der Waals surface area contributed by atoms with Crippen LogP contribution in [0.25, 0.3) is 0 Å². The molecule has 7 heteroatoms. The Hall–Kier alpha value is -2.24. The Balaban J connectivity index is 1.98. The monoisotopic (exact) mass is 378 g/mol. The minimum absolute atomic E-state index is 0.146. The first-order valence-corrected chi connectivity index (χ1v) is 8.62. The Bertz CT molecular complexity index is 826. The third kappa shape index (κ3) is 3.72. The van der Waals surface area contributed by atoms with E-state index in [0.29, 0.717) is 28.7 Å². The van der Waals surface area contributed by atoms with Crippen molar-refractivity contribution in [1.82, 2.24) is 0 Å². The lowest BCUT2D eigenvalue weighted by atomic mass is 10.1. The van der Waals surface area contributed by atoms with Crippen molar-refractivity contribution in [3.05, 3.63) is 53.1 Å². The molecule has 25 heavy (non-hydrogen) atoms. The highest BCUT2D eigenvalue weighted by Crippen LogP contribution is 2.37. The van der Waals surface area contributed by atoms with Crippen LogP contribution in [-0.2, 0) is 16.1 Å². The molecule has 1 aliphatic heterocycles. The lowest BCUT2D eigenvalue weighted by Gasteiger charge is -2.33. The molecule has 0 radical (unpaired) electrons. The third-order valence-electron chi connectivity index (χ3n) is 3.86. The van der Waals surface area contributed by atoms with E-state index in [2.05, 4.69) is 5.32 Å². The Labute approximate surface area is 155 Å². The number of nitrogens with zero attached hydrogens (tertiary/aromatic N) is 1. The van der Waals surface area contributed by atoms with Crippen molar-refractivity contribution >= 4 is 46.4 Å². The molecule has 0 aromatic heterocycles. The second-order valence-electron chi connectivity index (χ2n) is 5.64. The molecule has 130 valence electrons. The predicted molar refractivity (Wildman–Crippen MR) is 98.5 cm³/mol. The first-order valence-electron chi connectivity index (χ1n) is 7.71. The van der Waals surface area contributed by atoms with Crippen LogP contribution < -0.4 is 15.0 Å². The van der Waals surface area contributed by atoms with Gasteiger partial charge in [0.2, 0.25) is 5.91 Å². The minimum Gasteiger partial charge on any atom is -0.479 e. The summed E-state index contributed by atoms with van der Waals surface area (Å²) in [4.78, 5) is 25.8. The molecule has 0 saturated heterocycles. The second-order valence-corrected chi connectivity index (χ2v) is 6.31. The maximum atomic E-state index is 12.6. The normalized spacial score (nSPS) is 16.2. The number of carbonyl (C=O) groups is 2. The highest BCUT2D eigenvalue weighted by molar-refractivity contribution is 6.31. The van der Waals surface area contributed by atoms with Gasteiger partial charge in [0.25, 0.3) is 5.91 Å². The summed E-state index contributed by atoms with van der Waals surface area (Å²) in [5, 5.41) is 3.26. The molecule has 1 unspecified atom stereocenters. The van der Waals surface area contributed by atoms with Gasteiger partial charge in [0.05, 0.1) is 12.2 Å². The number of hydrogen-bond acceptors (Lipinski definition) is 3. The fourth-order valence-corrected chi connectivity index (χ4v) is 2.90. The van der Waals surface area contributed by atoms with Gasteiger partial charge in [0.1, 0.15) is 11.6 Å². The molecule has 3 rings (SSSR count). The molecule has 1 atom stereocenters. The van der Waals surface area contributed by atoms with E-state index in [1.165, 1.54) is 0 Å². The molecule has 1 N–H and O–H groups in total. The summed E-state index contributed by atoms with van der Waals surface area (Å²) in [5.41, 5.74) is 1.95. The van der Waals surface area contributed by atoms with Crippen molar-refractivity contribution in [2.75, 3.05) is 16.1 Å². The number of benzene rings is 2. The fraction of sp³-hybridized carbons (Fsp3) is 0.222. The molecule has 2 amide bonds. The van der Waals surface area contributed by atoms with Gasteiger partial charge in [-0.1, -0.05) is 29.8 Å². The number of amides is 2. The van der Waals surface area contributed by atoms with Crippen molar-refractivity contribution in [3.8, 4) is 5.75 Å². The van der Waals surface area contributed by atoms with Gasteiger partial charge < -0.3 is 15.0 Å². The average Bonchev–Trinajstić information content (AvgIpc) is 2.61. The molecular weight excluding hydrogens is 363 g/mol. The van der Waals surface area contributed by atoms with E-state index in [4.69, 9.17) is 27.9 Å². The van der Waals surface area contributed by atoms with Crippen molar-refractivity contribution in [3.63, 3.8) is 0 Å². The third-order valence-corrected chi connectivity index (χ3v) is 4.47. The van der Waals surface area contributed by atoms with Crippen molar-refractivity contribution in [2.45, 2.75) is 19.6 Å². The number of anilines is 2. The Kier molecular flexibility index (Phi) is 5.16. The number of halogens is 2. The zero-order valence-corrected chi connectivity index (χ0v) is 15.0. The molecule has 0 saturated carbocycles. The van der Waals surface area contributed by atoms with Crippen LogP contribution in [0.1, 0.15) is 12.5 Å². The summed E-state index contributed by atoms with van der Waals surface area (Å²) in [6.45, 7) is 2.01. The van der Waals surface area contributed by atoms with E-state index < -0.39 is 6.10 Å². The van der Waals surface area contributed by atoms with Crippen LogP contribution in [0.2, 0.25) is 5.02 Å². The molecule has 0 bridgehead atoms. The van der Waals surface area contributed by atoms with Crippen molar-refractivity contribution in [1.29, 1.82) is 0 Å². The number of ether oxygens (including phenoxy) is 1. The standard InChI is InChI=1S/C18H16Cl2N2O3/c1-11-18(24)22(10-12-4-2-3-5-14(12)20)15-8-13(21-17(23)9-19)6-7-16(15)25-11/h2-8,11H,9-10H2,1H3,(H,21,23). The first kappa shape index (κ1) is 17.6. The Morgan fingerprint density at radius 2 is 2.04 bits per heavy atom. The molecule has 2 aromatic rings. The van der Waals surface area contributed by atoms with E-state index in [1.807, 2.05) is 18.2 Å². The zero-order chi connectivity index (χ0) is 18.0. The van der Waals surface area contributed by atoms with Crippen LogP contribution in [0.15, 0.2) is 42.5 Å². The fourth-order valence-electron chi connectivity index (χ4n) is 2.64. The molecule has 1 heterocycles. The number of rotatable bonds is 4. The number of fused-ring (bicyclic) bond motifs is 1. The quantitative estimate of drug-likeness (QED) is 0.822. The minimum atomic E-state index is -0.599. The maximum absolute atomic E-state index is 12.6. The molecular formula is C18H16Cl2N2O3. The largest absolute Gasteiger partial charge is 0.479 e. The summed E-state index contributed by atoms with van der Waals surface area (Å²) < 4.78 is 5.67. The van der Waals surface area contributed by atoms with Crippen LogP contribution in [0.5, 0.6) is 5.75 Å². The predicted octanol–water partition coefficient (Wildman–Crippen LogP) is 3.83. The van der Waals surface area contributed by atoms with Gasteiger partial charge in [-0.05, 0) is 36.8 Å². The number of nitrogens with one attached hydrogen (secondary N) is 1. The van der Waals surface area contributed by atoms with Crippen molar-refractivity contribution < 1.29 is 14.3 Å². The van der Waals surface area contributed by atoms with Crippen LogP contribution >= 0.6 is 23.2 Å². The van der Waals surface area contributed by atoms with Gasteiger partial charge in [-0.15, -0.1) is 11.6 Å². The molecule has 0 aliphatic carbocycles. The van der Waals surface area contributed by atoms with Crippen LogP contribution in [0, 0.1) is 0 Å². The summed E-state index contributed by atoms with van der Waals surface area (Å²) >= 11 is 11.8. The lowest BCUT2D eigenvalue weighted by molar-refractivity contribution is -0.125. The number of alkyl halides is 1. The molecule has 2 aromatic carbocycles. The van der Waals surface area contributed by atoms with Crippen LogP contribution in [0.3, 0.4) is 0 Å². The van der Waals surface area contributed by atoms with Gasteiger partial charge >= 0.3 is 0 Å². The average molecular weight is 379 g/mol. The van der Waals surface area contributed by atoms with E-state index >= 15 is 0 Å². The Morgan fingerprint density at radius 1 is 1.28 bits per heavy atom. The molecule has 1 aliphatic rings. The summed E-state index contributed by atoms with van der Waals surface area (Å²) in [5.74, 6) is -0.0701. The van der Waals surface area contributed by atoms with Gasteiger partial charge in [0.15, 0.2) is 6.10 Å². The van der Waals surface area contributed by atoms with Gasteiger partial charge in [-0.3, -0.25) is 9.59 Å². The van der Waals surface area contributed by atoms with E-state index in [0.717, 1.165) is 5.56 Å². The molecule has 0 fully saturated rings. The van der Waals surface area contributed by atoms with Gasteiger partial charge in [-0.2, -0.15) is 0 Å². The second kappa shape index (κ2) is 7.33. The van der Waals surface area contributed by atoms with E-state index in [1.54, 1.807) is 36.1 Å². The summed E-state index contributed by atoms with van der Waals surface area (Å²) in [6.07, 6.45) is -0.599. The highest BCUT2D eigenvalue weighted by atomic mass is 35.5. The lowest BCUT2D eigenvalue weighted by Crippen LogP contribution is -2.44. The number of carbonyl (C=O) groups excluding carboxylic acids is 2. The van der Waals surface area contributed by atoms with E-state index in [-0.39, 0.29) is 17.7 Å². The Morgan fingerprint density at radius 3 is 2.76 bits per heavy atom. The maximum Gasteiger partial charge on any atom is 0.268 e. The van der Waals surface area contributed by atoms with Gasteiger partial charge in [-0.25, -0.2) is 0 Å².